The fourth-order valence-electron chi connectivity index (χ4n) is 2.45. The molecule has 5 heteroatoms. The van der Waals surface area contributed by atoms with Gasteiger partial charge >= 0.3 is 5.76 Å². The molecule has 0 aliphatic rings. The van der Waals surface area contributed by atoms with E-state index in [-0.39, 0.29) is 0 Å². The number of H-pyrrole nitrogens is 1. The van der Waals surface area contributed by atoms with Crippen molar-refractivity contribution in [1.29, 1.82) is 0 Å². The second-order valence-corrected chi connectivity index (χ2v) is 5.22. The largest absolute Gasteiger partial charge is 0.417 e. The van der Waals surface area contributed by atoms with Crippen LogP contribution in [-0.2, 0) is 0 Å². The van der Waals surface area contributed by atoms with Gasteiger partial charge in [0.05, 0.1) is 16.9 Å². The van der Waals surface area contributed by atoms with Crippen LogP contribution in [0, 0.1) is 0 Å². The summed E-state index contributed by atoms with van der Waals surface area (Å²) in [5, 5.41) is 3.50. The summed E-state index contributed by atoms with van der Waals surface area (Å²) in [6.45, 7) is 4.38. The van der Waals surface area contributed by atoms with Gasteiger partial charge in [-0.15, -0.1) is 0 Å². The minimum absolute atomic E-state index is 0.415. The van der Waals surface area contributed by atoms with E-state index in [4.69, 9.17) is 10.2 Å². The van der Waals surface area contributed by atoms with E-state index in [0.29, 0.717) is 22.8 Å². The molecule has 4 N–H and O–H groups in total. The van der Waals surface area contributed by atoms with E-state index >= 15 is 0 Å². The van der Waals surface area contributed by atoms with Crippen LogP contribution in [0.4, 0.5) is 11.4 Å². The van der Waals surface area contributed by atoms with Crippen LogP contribution in [0.5, 0.6) is 0 Å². The molecule has 1 heterocycles. The zero-order valence-corrected chi connectivity index (χ0v) is 12.2. The van der Waals surface area contributed by atoms with Gasteiger partial charge in [0, 0.05) is 12.1 Å². The van der Waals surface area contributed by atoms with Gasteiger partial charge in [-0.05, 0) is 18.9 Å². The molecule has 0 bridgehead atoms. The number of rotatable bonds is 7. The molecule has 0 spiro atoms. The van der Waals surface area contributed by atoms with E-state index in [0.717, 1.165) is 24.9 Å². The number of nitrogens with two attached hydrogens (primary N) is 1. The van der Waals surface area contributed by atoms with Crippen LogP contribution in [0.25, 0.3) is 11.1 Å². The first-order valence-corrected chi connectivity index (χ1v) is 7.33. The maximum absolute atomic E-state index is 11.2. The minimum atomic E-state index is -0.451. The molecule has 0 aliphatic carbocycles. The van der Waals surface area contributed by atoms with Gasteiger partial charge in [0.25, 0.3) is 0 Å². The summed E-state index contributed by atoms with van der Waals surface area (Å²) < 4.78 is 5.00. The Morgan fingerprint density at radius 2 is 2.10 bits per heavy atom. The van der Waals surface area contributed by atoms with Gasteiger partial charge in [-0.1, -0.05) is 33.1 Å². The van der Waals surface area contributed by atoms with Crippen molar-refractivity contribution in [3.63, 3.8) is 0 Å². The number of aromatic amines is 1. The molecule has 110 valence electrons. The highest BCUT2D eigenvalue weighted by molar-refractivity contribution is 5.85. The molecule has 0 radical (unpaired) electrons. The van der Waals surface area contributed by atoms with Crippen molar-refractivity contribution in [2.45, 2.75) is 52.0 Å². The highest BCUT2D eigenvalue weighted by atomic mass is 16.4. The first-order valence-electron chi connectivity index (χ1n) is 7.33. The Kier molecular flexibility index (Phi) is 4.71. The van der Waals surface area contributed by atoms with Crippen molar-refractivity contribution in [3.8, 4) is 0 Å². The van der Waals surface area contributed by atoms with Gasteiger partial charge in [0.2, 0.25) is 0 Å². The van der Waals surface area contributed by atoms with Gasteiger partial charge in [-0.2, -0.15) is 0 Å². The number of unbranched alkanes of at least 4 members (excludes halogenated alkanes) is 1. The molecule has 0 fully saturated rings. The number of fused-ring (bicyclic) bond motifs is 1. The molecule has 0 aliphatic heterocycles. The standard InChI is InChI=1S/C15H23N3O2/c1-3-5-7-10(6-4-2)17-12-9-13-14(8-11(12)16)20-15(19)18-13/h8-10,17H,3-7,16H2,1-2H3,(H,18,19). The quantitative estimate of drug-likeness (QED) is 0.676. The van der Waals surface area contributed by atoms with Gasteiger partial charge in [-0.3, -0.25) is 4.98 Å². The van der Waals surface area contributed by atoms with Crippen LogP contribution in [0.2, 0.25) is 0 Å². The van der Waals surface area contributed by atoms with Crippen molar-refractivity contribution in [3.05, 3.63) is 22.7 Å². The predicted molar refractivity (Wildman–Crippen MR) is 83.1 cm³/mol. The summed E-state index contributed by atoms with van der Waals surface area (Å²) in [5.41, 5.74) is 8.68. The van der Waals surface area contributed by atoms with Crippen LogP contribution >= 0.6 is 0 Å². The zero-order chi connectivity index (χ0) is 14.5. The van der Waals surface area contributed by atoms with Crippen LogP contribution in [0.1, 0.15) is 46.0 Å². The maximum atomic E-state index is 11.2. The zero-order valence-electron chi connectivity index (χ0n) is 12.2. The number of aromatic nitrogens is 1. The number of hydrogen-bond acceptors (Lipinski definition) is 4. The molecule has 2 aromatic rings. The lowest BCUT2D eigenvalue weighted by Gasteiger charge is -2.20. The fourth-order valence-corrected chi connectivity index (χ4v) is 2.45. The fraction of sp³-hybridized carbons (Fsp3) is 0.533. The molecule has 0 amide bonds. The van der Waals surface area contributed by atoms with Gasteiger partial charge in [0.1, 0.15) is 0 Å². The van der Waals surface area contributed by atoms with Gasteiger partial charge in [0.15, 0.2) is 5.58 Å². The van der Waals surface area contributed by atoms with E-state index in [1.54, 1.807) is 6.07 Å². The SMILES string of the molecule is CCCCC(CCC)Nc1cc2[nH]c(=O)oc2cc1N. The first-order chi connectivity index (χ1) is 9.63. The Morgan fingerprint density at radius 3 is 2.80 bits per heavy atom. The average molecular weight is 277 g/mol. The van der Waals surface area contributed by atoms with E-state index in [1.165, 1.54) is 12.8 Å². The number of nitrogen functional groups attached to an aromatic ring is 1. The first kappa shape index (κ1) is 14.5. The average Bonchev–Trinajstić information content (AvgIpc) is 2.75. The normalized spacial score (nSPS) is 12.7. The number of anilines is 2. The van der Waals surface area contributed by atoms with Crippen LogP contribution in [-0.4, -0.2) is 11.0 Å². The van der Waals surface area contributed by atoms with Crippen LogP contribution in [0.3, 0.4) is 0 Å². The Labute approximate surface area is 118 Å². The van der Waals surface area contributed by atoms with Crippen LogP contribution < -0.4 is 16.8 Å². The van der Waals surface area contributed by atoms with Crippen molar-refractivity contribution >= 4 is 22.5 Å². The summed E-state index contributed by atoms with van der Waals surface area (Å²) >= 11 is 0. The monoisotopic (exact) mass is 277 g/mol. The highest BCUT2D eigenvalue weighted by Gasteiger charge is 2.11. The summed E-state index contributed by atoms with van der Waals surface area (Å²) in [6.07, 6.45) is 5.75. The molecular weight excluding hydrogens is 254 g/mol. The van der Waals surface area contributed by atoms with Crippen molar-refractivity contribution in [2.24, 2.45) is 0 Å². The number of hydrogen-bond donors (Lipinski definition) is 3. The third-order valence-corrected chi connectivity index (χ3v) is 3.49. The molecule has 0 saturated heterocycles. The third-order valence-electron chi connectivity index (χ3n) is 3.49. The molecule has 20 heavy (non-hydrogen) atoms. The maximum Gasteiger partial charge on any atom is 0.417 e. The topological polar surface area (TPSA) is 84.0 Å². The molecule has 1 aromatic heterocycles. The molecule has 0 saturated carbocycles. The Hall–Kier alpha value is -1.91. The lowest BCUT2D eigenvalue weighted by atomic mass is 10.0. The van der Waals surface area contributed by atoms with Crippen LogP contribution in [0.15, 0.2) is 21.3 Å². The van der Waals surface area contributed by atoms with E-state index in [1.807, 2.05) is 6.07 Å². The van der Waals surface area contributed by atoms with E-state index in [2.05, 4.69) is 24.1 Å². The molecule has 2 rings (SSSR count). The highest BCUT2D eigenvalue weighted by Crippen LogP contribution is 2.26. The Bertz CT molecular complexity index is 615. The van der Waals surface area contributed by atoms with E-state index < -0.39 is 5.76 Å². The molecule has 1 aromatic carbocycles. The van der Waals surface area contributed by atoms with E-state index in [9.17, 15) is 4.79 Å². The van der Waals surface area contributed by atoms with Gasteiger partial charge in [-0.25, -0.2) is 4.79 Å². The molecule has 5 nitrogen and oxygen atoms in total. The summed E-state index contributed by atoms with van der Waals surface area (Å²) in [7, 11) is 0. The molecular formula is C15H23N3O2. The van der Waals surface area contributed by atoms with Gasteiger partial charge < -0.3 is 15.5 Å². The second kappa shape index (κ2) is 6.50. The smallest absolute Gasteiger partial charge is 0.408 e. The summed E-state index contributed by atoms with van der Waals surface area (Å²) in [6, 6.07) is 3.96. The van der Waals surface area contributed by atoms with Crippen molar-refractivity contribution in [1.82, 2.24) is 4.98 Å². The molecule has 1 unspecified atom stereocenters. The van der Waals surface area contributed by atoms with Crippen molar-refractivity contribution < 1.29 is 4.42 Å². The summed E-state index contributed by atoms with van der Waals surface area (Å²) in [4.78, 5) is 13.9. The number of oxazole rings is 1. The molecule has 1 atom stereocenters. The summed E-state index contributed by atoms with van der Waals surface area (Å²) in [5.74, 6) is -0.451. The Balaban J connectivity index is 2.21. The lowest BCUT2D eigenvalue weighted by Crippen LogP contribution is -2.19. The van der Waals surface area contributed by atoms with Crippen molar-refractivity contribution in [2.75, 3.05) is 11.1 Å². The Morgan fingerprint density at radius 1 is 1.30 bits per heavy atom. The minimum Gasteiger partial charge on any atom is -0.408 e. The number of nitrogens with one attached hydrogen (secondary N) is 2. The lowest BCUT2D eigenvalue weighted by molar-refractivity contribution is 0.555. The second-order valence-electron chi connectivity index (χ2n) is 5.22. The predicted octanol–water partition coefficient (Wildman–Crippen LogP) is 3.47. The third kappa shape index (κ3) is 3.35. The number of benzene rings is 1.